The lowest BCUT2D eigenvalue weighted by Crippen LogP contribution is -2.37. The van der Waals surface area contributed by atoms with Gasteiger partial charge >= 0.3 is 0 Å². The Morgan fingerprint density at radius 2 is 2.35 bits per heavy atom. The number of nitrogens with two attached hydrogens (primary N) is 1. The quantitative estimate of drug-likeness (QED) is 0.869. The number of thiophene rings is 1. The molecule has 1 aliphatic rings. The van der Waals surface area contributed by atoms with Crippen molar-refractivity contribution >= 4 is 22.9 Å². The molecule has 17 heavy (non-hydrogen) atoms. The van der Waals surface area contributed by atoms with Gasteiger partial charge in [0.05, 0.1) is 5.69 Å². The Hall–Kier alpha value is -1.03. The van der Waals surface area contributed by atoms with Crippen LogP contribution < -0.4 is 11.1 Å². The summed E-state index contributed by atoms with van der Waals surface area (Å²) in [4.78, 5) is 12.7. The molecule has 1 fully saturated rings. The molecule has 1 aromatic rings. The summed E-state index contributed by atoms with van der Waals surface area (Å²) in [6.07, 6.45) is 3.52. The molecule has 0 aromatic carbocycles. The number of hydrogen-bond acceptors (Lipinski definition) is 3. The van der Waals surface area contributed by atoms with Crippen LogP contribution in [0.3, 0.4) is 0 Å². The SMILES string of the molecule is CCC1CCC(NC(=O)c2sccc2N)C1C. The molecule has 1 aliphatic carbocycles. The molecule has 3 atom stereocenters. The number of nitrogens with one attached hydrogen (secondary N) is 1. The Morgan fingerprint density at radius 1 is 1.59 bits per heavy atom. The first-order valence-corrected chi connectivity index (χ1v) is 7.15. The zero-order valence-corrected chi connectivity index (χ0v) is 11.2. The van der Waals surface area contributed by atoms with E-state index in [1.165, 1.54) is 24.2 Å². The minimum atomic E-state index is -0.00824. The summed E-state index contributed by atoms with van der Waals surface area (Å²) in [5.41, 5.74) is 6.34. The largest absolute Gasteiger partial charge is 0.397 e. The fourth-order valence-corrected chi connectivity index (χ4v) is 3.49. The van der Waals surface area contributed by atoms with Crippen LogP contribution in [-0.4, -0.2) is 11.9 Å². The van der Waals surface area contributed by atoms with Gasteiger partial charge < -0.3 is 11.1 Å². The van der Waals surface area contributed by atoms with E-state index in [4.69, 9.17) is 5.73 Å². The van der Waals surface area contributed by atoms with E-state index in [-0.39, 0.29) is 5.91 Å². The van der Waals surface area contributed by atoms with Gasteiger partial charge in [-0.25, -0.2) is 0 Å². The summed E-state index contributed by atoms with van der Waals surface area (Å²) in [7, 11) is 0. The molecule has 94 valence electrons. The zero-order chi connectivity index (χ0) is 12.4. The van der Waals surface area contributed by atoms with Crippen molar-refractivity contribution < 1.29 is 4.79 Å². The van der Waals surface area contributed by atoms with Crippen LogP contribution in [0.1, 0.15) is 42.8 Å². The smallest absolute Gasteiger partial charge is 0.263 e. The van der Waals surface area contributed by atoms with Crippen molar-refractivity contribution in [2.45, 2.75) is 39.2 Å². The Bertz CT molecular complexity index is 402. The molecule has 3 N–H and O–H groups in total. The Labute approximate surface area is 106 Å². The second-order valence-electron chi connectivity index (χ2n) is 4.89. The van der Waals surface area contributed by atoms with Crippen LogP contribution in [0, 0.1) is 11.8 Å². The molecule has 1 saturated carbocycles. The first-order valence-electron chi connectivity index (χ1n) is 6.27. The van der Waals surface area contributed by atoms with Crippen LogP contribution >= 0.6 is 11.3 Å². The van der Waals surface area contributed by atoms with E-state index in [1.807, 2.05) is 5.38 Å². The minimum Gasteiger partial charge on any atom is -0.397 e. The highest BCUT2D eigenvalue weighted by Crippen LogP contribution is 2.34. The zero-order valence-electron chi connectivity index (χ0n) is 10.4. The van der Waals surface area contributed by atoms with E-state index in [9.17, 15) is 4.79 Å². The maximum Gasteiger partial charge on any atom is 0.263 e. The predicted octanol–water partition coefficient (Wildman–Crippen LogP) is 2.88. The highest BCUT2D eigenvalue weighted by atomic mass is 32.1. The van der Waals surface area contributed by atoms with Gasteiger partial charge in [-0.05, 0) is 36.1 Å². The summed E-state index contributed by atoms with van der Waals surface area (Å²) >= 11 is 1.41. The maximum absolute atomic E-state index is 12.0. The van der Waals surface area contributed by atoms with Gasteiger partial charge in [0.2, 0.25) is 0 Å². The summed E-state index contributed by atoms with van der Waals surface area (Å²) in [6.45, 7) is 4.46. The number of carbonyl (C=O) groups excluding carboxylic acids is 1. The highest BCUT2D eigenvalue weighted by molar-refractivity contribution is 7.12. The molecule has 0 radical (unpaired) electrons. The van der Waals surface area contributed by atoms with Crippen molar-refractivity contribution in [2.75, 3.05) is 5.73 Å². The van der Waals surface area contributed by atoms with E-state index in [0.717, 1.165) is 12.3 Å². The molecule has 2 rings (SSSR count). The van der Waals surface area contributed by atoms with Crippen molar-refractivity contribution in [3.63, 3.8) is 0 Å². The summed E-state index contributed by atoms with van der Waals surface area (Å²) in [5, 5.41) is 4.99. The lowest BCUT2D eigenvalue weighted by atomic mass is 9.93. The molecule has 3 unspecified atom stereocenters. The van der Waals surface area contributed by atoms with Crippen molar-refractivity contribution in [1.82, 2.24) is 5.32 Å². The lowest BCUT2D eigenvalue weighted by Gasteiger charge is -2.20. The number of rotatable bonds is 3. The van der Waals surface area contributed by atoms with Crippen LogP contribution in [0.2, 0.25) is 0 Å². The van der Waals surface area contributed by atoms with Crippen molar-refractivity contribution in [3.05, 3.63) is 16.3 Å². The molecular weight excluding hydrogens is 232 g/mol. The molecule has 0 aliphatic heterocycles. The van der Waals surface area contributed by atoms with Crippen LogP contribution in [-0.2, 0) is 0 Å². The van der Waals surface area contributed by atoms with Gasteiger partial charge in [0.25, 0.3) is 5.91 Å². The molecule has 4 heteroatoms. The summed E-state index contributed by atoms with van der Waals surface area (Å²) < 4.78 is 0. The third-order valence-electron chi connectivity index (χ3n) is 3.97. The van der Waals surface area contributed by atoms with E-state index < -0.39 is 0 Å². The number of nitrogen functional groups attached to an aromatic ring is 1. The lowest BCUT2D eigenvalue weighted by molar-refractivity contribution is 0.0931. The highest BCUT2D eigenvalue weighted by Gasteiger charge is 2.32. The van der Waals surface area contributed by atoms with E-state index in [1.54, 1.807) is 6.07 Å². The van der Waals surface area contributed by atoms with Crippen molar-refractivity contribution in [1.29, 1.82) is 0 Å². The first-order chi connectivity index (χ1) is 8.13. The van der Waals surface area contributed by atoms with Gasteiger partial charge in [0.1, 0.15) is 4.88 Å². The van der Waals surface area contributed by atoms with E-state index in [2.05, 4.69) is 19.2 Å². The molecule has 0 saturated heterocycles. The molecular formula is C13H20N2OS. The molecule has 0 bridgehead atoms. The van der Waals surface area contributed by atoms with Gasteiger partial charge in [-0.3, -0.25) is 4.79 Å². The Balaban J connectivity index is 1.99. The average Bonchev–Trinajstić information content (AvgIpc) is 2.87. The second-order valence-corrected chi connectivity index (χ2v) is 5.81. The van der Waals surface area contributed by atoms with Crippen LogP contribution in [0.25, 0.3) is 0 Å². The predicted molar refractivity (Wildman–Crippen MR) is 72.2 cm³/mol. The number of carbonyl (C=O) groups is 1. The maximum atomic E-state index is 12.0. The fraction of sp³-hybridized carbons (Fsp3) is 0.615. The standard InChI is InChI=1S/C13H20N2OS/c1-3-9-4-5-11(8(9)2)15-13(16)12-10(14)6-7-17-12/h6-9,11H,3-5,14H2,1-2H3,(H,15,16). The second kappa shape index (κ2) is 5.08. The third kappa shape index (κ3) is 2.46. The normalized spacial score (nSPS) is 28.2. The first kappa shape index (κ1) is 12.4. The summed E-state index contributed by atoms with van der Waals surface area (Å²) in [6, 6.07) is 2.10. The van der Waals surface area contributed by atoms with E-state index in [0.29, 0.717) is 22.5 Å². The molecule has 1 aromatic heterocycles. The van der Waals surface area contributed by atoms with Gasteiger partial charge in [-0.15, -0.1) is 11.3 Å². The van der Waals surface area contributed by atoms with Gasteiger partial charge in [0.15, 0.2) is 0 Å². The third-order valence-corrected chi connectivity index (χ3v) is 4.90. The Kier molecular flexibility index (Phi) is 3.72. The topological polar surface area (TPSA) is 55.1 Å². The van der Waals surface area contributed by atoms with Crippen LogP contribution in [0.5, 0.6) is 0 Å². The van der Waals surface area contributed by atoms with Crippen LogP contribution in [0.4, 0.5) is 5.69 Å². The van der Waals surface area contributed by atoms with Crippen LogP contribution in [0.15, 0.2) is 11.4 Å². The fourth-order valence-electron chi connectivity index (χ4n) is 2.77. The summed E-state index contributed by atoms with van der Waals surface area (Å²) in [5.74, 6) is 1.32. The molecule has 0 spiro atoms. The van der Waals surface area contributed by atoms with Gasteiger partial charge in [0, 0.05) is 6.04 Å². The average molecular weight is 252 g/mol. The van der Waals surface area contributed by atoms with Gasteiger partial charge in [-0.2, -0.15) is 0 Å². The number of anilines is 1. The number of hydrogen-bond donors (Lipinski definition) is 2. The van der Waals surface area contributed by atoms with E-state index >= 15 is 0 Å². The number of amides is 1. The molecule has 3 nitrogen and oxygen atoms in total. The molecule has 1 amide bonds. The minimum absolute atomic E-state index is 0.00824. The monoisotopic (exact) mass is 252 g/mol. The Morgan fingerprint density at radius 3 is 2.88 bits per heavy atom. The molecule has 1 heterocycles. The van der Waals surface area contributed by atoms with Crippen molar-refractivity contribution in [3.8, 4) is 0 Å². The van der Waals surface area contributed by atoms with Crippen molar-refractivity contribution in [2.24, 2.45) is 11.8 Å². The van der Waals surface area contributed by atoms with Gasteiger partial charge in [-0.1, -0.05) is 20.3 Å².